The zero-order valence-corrected chi connectivity index (χ0v) is 13.3. The third-order valence-corrected chi connectivity index (χ3v) is 3.58. The smallest absolute Gasteiger partial charge is 0.416 e. The number of rotatable bonds is 2. The second-order valence-corrected chi connectivity index (χ2v) is 5.45. The summed E-state index contributed by atoms with van der Waals surface area (Å²) in [7, 11) is 0. The predicted molar refractivity (Wildman–Crippen MR) is 83.9 cm³/mol. The minimum absolute atomic E-state index is 0.194. The van der Waals surface area contributed by atoms with Crippen LogP contribution >= 0.6 is 0 Å². The van der Waals surface area contributed by atoms with Gasteiger partial charge >= 0.3 is 12.2 Å². The van der Waals surface area contributed by atoms with Crippen LogP contribution in [0.1, 0.15) is 17.1 Å². The summed E-state index contributed by atoms with van der Waals surface area (Å²) in [6.07, 6.45) is -3.52. The van der Waals surface area contributed by atoms with Crippen LogP contribution in [-0.4, -0.2) is 17.8 Å². The second-order valence-electron chi connectivity index (χ2n) is 5.45. The van der Waals surface area contributed by atoms with Crippen molar-refractivity contribution in [2.45, 2.75) is 13.1 Å². The van der Waals surface area contributed by atoms with Crippen molar-refractivity contribution in [1.82, 2.24) is 5.32 Å². The molecule has 4 amide bonds. The maximum atomic E-state index is 12.9. The minimum atomic E-state index is -4.65. The third-order valence-electron chi connectivity index (χ3n) is 3.58. The molecule has 9 heteroatoms. The highest BCUT2D eigenvalue weighted by atomic mass is 19.4. The lowest BCUT2D eigenvalue weighted by Gasteiger charge is -2.26. The van der Waals surface area contributed by atoms with E-state index in [-0.39, 0.29) is 11.4 Å². The monoisotopic (exact) mass is 364 g/mol. The molecule has 0 aliphatic carbocycles. The minimum Gasteiger partial charge on any atom is -0.462 e. The van der Waals surface area contributed by atoms with Gasteiger partial charge in [-0.05, 0) is 43.3 Å². The number of benzene rings is 1. The van der Waals surface area contributed by atoms with Gasteiger partial charge in [-0.3, -0.25) is 14.9 Å². The lowest BCUT2D eigenvalue weighted by atomic mass is 10.1. The number of imide groups is 2. The highest BCUT2D eigenvalue weighted by Crippen LogP contribution is 2.32. The fraction of sp³-hybridized carbons (Fsp3) is 0.118. The van der Waals surface area contributed by atoms with Crippen molar-refractivity contribution < 1.29 is 32.0 Å². The molecule has 2 heterocycles. The summed E-state index contributed by atoms with van der Waals surface area (Å²) in [6, 6.07) is 5.67. The number of amides is 4. The first-order valence-corrected chi connectivity index (χ1v) is 7.32. The van der Waals surface area contributed by atoms with Crippen molar-refractivity contribution in [2.24, 2.45) is 0 Å². The van der Waals surface area contributed by atoms with Gasteiger partial charge in [0.15, 0.2) is 0 Å². The molecule has 134 valence electrons. The Morgan fingerprint density at radius 3 is 2.46 bits per heavy atom. The Morgan fingerprint density at radius 2 is 1.85 bits per heavy atom. The van der Waals surface area contributed by atoms with Crippen molar-refractivity contribution in [3.63, 3.8) is 0 Å². The van der Waals surface area contributed by atoms with Crippen LogP contribution < -0.4 is 10.2 Å². The summed E-state index contributed by atoms with van der Waals surface area (Å²) in [5, 5.41) is 1.93. The number of nitrogens with one attached hydrogen (secondary N) is 1. The molecular weight excluding hydrogens is 353 g/mol. The fourth-order valence-corrected chi connectivity index (χ4v) is 2.39. The number of carbonyl (C=O) groups is 3. The van der Waals surface area contributed by atoms with Crippen LogP contribution in [0.15, 0.2) is 46.4 Å². The average molecular weight is 364 g/mol. The molecule has 1 aromatic heterocycles. The van der Waals surface area contributed by atoms with Crippen molar-refractivity contribution in [3.8, 4) is 0 Å². The number of hydrogen-bond acceptors (Lipinski definition) is 4. The van der Waals surface area contributed by atoms with E-state index in [9.17, 15) is 27.6 Å². The first-order chi connectivity index (χ1) is 12.2. The van der Waals surface area contributed by atoms with Crippen LogP contribution in [0, 0.1) is 6.92 Å². The van der Waals surface area contributed by atoms with Crippen LogP contribution in [0.25, 0.3) is 6.08 Å². The van der Waals surface area contributed by atoms with Crippen LogP contribution in [0.4, 0.5) is 23.7 Å². The van der Waals surface area contributed by atoms with Gasteiger partial charge in [-0.25, -0.2) is 9.69 Å². The highest BCUT2D eigenvalue weighted by Gasteiger charge is 2.38. The number of hydrogen-bond donors (Lipinski definition) is 1. The summed E-state index contributed by atoms with van der Waals surface area (Å²) in [4.78, 5) is 37.0. The van der Waals surface area contributed by atoms with Crippen molar-refractivity contribution in [1.29, 1.82) is 0 Å². The van der Waals surface area contributed by atoms with Crippen LogP contribution in [0.2, 0.25) is 0 Å². The van der Waals surface area contributed by atoms with E-state index < -0.39 is 35.2 Å². The topological polar surface area (TPSA) is 79.6 Å². The quantitative estimate of drug-likeness (QED) is 0.655. The van der Waals surface area contributed by atoms with Gasteiger partial charge in [-0.2, -0.15) is 13.2 Å². The molecule has 1 fully saturated rings. The number of aryl methyl sites for hydroxylation is 1. The van der Waals surface area contributed by atoms with Crippen molar-refractivity contribution in [3.05, 3.63) is 59.1 Å². The summed E-state index contributed by atoms with van der Waals surface area (Å²) in [6.45, 7) is 1.66. The van der Waals surface area contributed by atoms with Crippen LogP contribution in [0.5, 0.6) is 0 Å². The normalized spacial score (nSPS) is 17.0. The summed E-state index contributed by atoms with van der Waals surface area (Å²) >= 11 is 0. The third kappa shape index (κ3) is 3.23. The zero-order chi connectivity index (χ0) is 19.1. The maximum Gasteiger partial charge on any atom is 0.416 e. The van der Waals surface area contributed by atoms with E-state index in [0.717, 1.165) is 24.3 Å². The fourth-order valence-electron chi connectivity index (χ4n) is 2.39. The Balaban J connectivity index is 2.02. The number of furan rings is 1. The number of nitrogens with zero attached hydrogens (tertiary/aromatic N) is 1. The van der Waals surface area contributed by atoms with Gasteiger partial charge in [0.05, 0.1) is 11.3 Å². The molecule has 0 spiro atoms. The van der Waals surface area contributed by atoms with Crippen molar-refractivity contribution in [2.75, 3.05) is 4.90 Å². The molecule has 2 aromatic rings. The van der Waals surface area contributed by atoms with Gasteiger partial charge in [-0.1, -0.05) is 6.07 Å². The molecule has 1 N–H and O–H groups in total. The first kappa shape index (κ1) is 17.5. The van der Waals surface area contributed by atoms with Gasteiger partial charge < -0.3 is 4.42 Å². The number of alkyl halides is 3. The van der Waals surface area contributed by atoms with E-state index in [4.69, 9.17) is 4.42 Å². The highest BCUT2D eigenvalue weighted by molar-refractivity contribution is 6.39. The molecule has 0 unspecified atom stereocenters. The van der Waals surface area contributed by atoms with E-state index in [0.29, 0.717) is 16.7 Å². The maximum absolute atomic E-state index is 12.9. The number of carbonyl (C=O) groups excluding carboxylic acids is 3. The van der Waals surface area contributed by atoms with Gasteiger partial charge in [-0.15, -0.1) is 0 Å². The number of halogens is 3. The zero-order valence-electron chi connectivity index (χ0n) is 13.3. The standard InChI is InChI=1S/C17H11F3N2O4/c1-9-5-6-12(26-9)8-13-14(23)21-16(25)22(15(13)24)11-4-2-3-10(7-11)17(18,19)20/h2-8H,1H3,(H,21,23,25)/b13-8-. The average Bonchev–Trinajstić information content (AvgIpc) is 2.96. The van der Waals surface area contributed by atoms with Gasteiger partial charge in [0.1, 0.15) is 17.1 Å². The molecule has 0 atom stereocenters. The van der Waals surface area contributed by atoms with E-state index in [1.165, 1.54) is 6.07 Å². The van der Waals surface area contributed by atoms with E-state index in [2.05, 4.69) is 0 Å². The second kappa shape index (κ2) is 6.17. The van der Waals surface area contributed by atoms with Crippen LogP contribution in [-0.2, 0) is 15.8 Å². The Labute approximate surface area is 144 Å². The molecule has 3 rings (SSSR count). The van der Waals surface area contributed by atoms with Crippen molar-refractivity contribution >= 4 is 29.6 Å². The molecule has 1 aromatic carbocycles. The molecule has 0 radical (unpaired) electrons. The van der Waals surface area contributed by atoms with Gasteiger partial charge in [0.2, 0.25) is 0 Å². The predicted octanol–water partition coefficient (Wildman–Crippen LogP) is 3.27. The summed E-state index contributed by atoms with van der Waals surface area (Å²) in [5.41, 5.74) is -1.77. The Hall–Kier alpha value is -3.36. The summed E-state index contributed by atoms with van der Waals surface area (Å²) in [5.74, 6) is -1.28. The van der Waals surface area contributed by atoms with Gasteiger partial charge in [0, 0.05) is 0 Å². The van der Waals surface area contributed by atoms with E-state index in [1.807, 2.05) is 5.32 Å². The molecule has 1 aliphatic rings. The molecule has 1 aliphatic heterocycles. The lowest BCUT2D eigenvalue weighted by molar-refractivity contribution is -0.137. The SMILES string of the molecule is Cc1ccc(/C=C2/C(=O)NC(=O)N(c3cccc(C(F)(F)F)c3)C2=O)o1. The molecule has 26 heavy (non-hydrogen) atoms. The van der Waals surface area contributed by atoms with E-state index in [1.54, 1.807) is 13.0 Å². The Bertz CT molecular complexity index is 943. The molecule has 0 saturated carbocycles. The molecular formula is C17H11F3N2O4. The molecule has 1 saturated heterocycles. The van der Waals surface area contributed by atoms with Gasteiger partial charge in [0.25, 0.3) is 11.8 Å². The Kier molecular flexibility index (Phi) is 4.15. The lowest BCUT2D eigenvalue weighted by Crippen LogP contribution is -2.54. The number of urea groups is 1. The Morgan fingerprint density at radius 1 is 1.12 bits per heavy atom. The molecule has 6 nitrogen and oxygen atoms in total. The first-order valence-electron chi connectivity index (χ1n) is 7.32. The number of anilines is 1. The number of barbiturate groups is 1. The van der Waals surface area contributed by atoms with Crippen LogP contribution in [0.3, 0.4) is 0 Å². The van der Waals surface area contributed by atoms with E-state index >= 15 is 0 Å². The summed E-state index contributed by atoms with van der Waals surface area (Å²) < 4.78 is 43.9. The molecule has 0 bridgehead atoms. The largest absolute Gasteiger partial charge is 0.462 e.